The Bertz CT molecular complexity index is 790. The zero-order valence-corrected chi connectivity index (χ0v) is 18.0. The van der Waals surface area contributed by atoms with Crippen LogP contribution in [0.15, 0.2) is 48.5 Å². The van der Waals surface area contributed by atoms with E-state index < -0.39 is 6.10 Å². The lowest BCUT2D eigenvalue weighted by Crippen LogP contribution is -2.23. The highest BCUT2D eigenvalue weighted by molar-refractivity contribution is 5.41. The van der Waals surface area contributed by atoms with E-state index in [0.717, 1.165) is 11.3 Å². The van der Waals surface area contributed by atoms with Gasteiger partial charge in [0.05, 0.1) is 13.2 Å². The lowest BCUT2D eigenvalue weighted by Gasteiger charge is -2.26. The Kier molecular flexibility index (Phi) is 9.19. The van der Waals surface area contributed by atoms with Crippen LogP contribution in [0.1, 0.15) is 31.9 Å². The summed E-state index contributed by atoms with van der Waals surface area (Å²) < 4.78 is 16.4. The van der Waals surface area contributed by atoms with Gasteiger partial charge >= 0.3 is 0 Å². The summed E-state index contributed by atoms with van der Waals surface area (Å²) in [6.45, 7) is 7.35. The first kappa shape index (κ1) is 23.8. The van der Waals surface area contributed by atoms with Gasteiger partial charge in [-0.3, -0.25) is 0 Å². The average molecular weight is 413 g/mol. The topological polar surface area (TPSA) is 68.2 Å². The maximum atomic E-state index is 9.83. The normalized spacial score (nSPS) is 13.3. The van der Waals surface area contributed by atoms with Gasteiger partial charge in [0.25, 0.3) is 0 Å². The van der Waals surface area contributed by atoms with Crippen LogP contribution in [-0.2, 0) is 10.2 Å². The molecule has 0 fully saturated rings. The van der Waals surface area contributed by atoms with Crippen molar-refractivity contribution in [2.45, 2.75) is 32.3 Å². The van der Waals surface area contributed by atoms with Crippen molar-refractivity contribution >= 4 is 0 Å². The molecule has 0 aliphatic heterocycles. The van der Waals surface area contributed by atoms with Gasteiger partial charge in [0.15, 0.2) is 0 Å². The Hall–Kier alpha value is -2.52. The molecule has 30 heavy (non-hydrogen) atoms. The van der Waals surface area contributed by atoms with Crippen LogP contribution >= 0.6 is 0 Å². The summed E-state index contributed by atoms with van der Waals surface area (Å²) in [5.41, 5.74) is 2.12. The fraction of sp³-hybridized carbons (Fsp3) is 0.440. The molecule has 2 N–H and O–H groups in total. The molecule has 2 aromatic carbocycles. The fourth-order valence-corrected chi connectivity index (χ4v) is 2.89. The number of aliphatic hydroxyl groups excluding tert-OH is 2. The van der Waals surface area contributed by atoms with E-state index in [4.69, 9.17) is 25.7 Å². The van der Waals surface area contributed by atoms with Gasteiger partial charge in [-0.2, -0.15) is 0 Å². The largest absolute Gasteiger partial charge is 0.493 e. The molecule has 2 unspecified atom stereocenters. The second kappa shape index (κ2) is 11.6. The van der Waals surface area contributed by atoms with Crippen LogP contribution in [0.25, 0.3) is 0 Å². The molecule has 0 aliphatic carbocycles. The van der Waals surface area contributed by atoms with Gasteiger partial charge in [0, 0.05) is 17.9 Å². The Morgan fingerprint density at radius 1 is 0.900 bits per heavy atom. The molecule has 0 spiro atoms. The Morgan fingerprint density at radius 2 is 1.40 bits per heavy atom. The summed E-state index contributed by atoms with van der Waals surface area (Å²) >= 11 is 0. The number of hydrogen-bond donors (Lipinski definition) is 2. The number of ether oxygens (including phenoxy) is 3. The summed E-state index contributed by atoms with van der Waals surface area (Å²) in [7, 11) is 0. The first-order chi connectivity index (χ1) is 14.4. The van der Waals surface area contributed by atoms with Gasteiger partial charge in [0.2, 0.25) is 0 Å². The van der Waals surface area contributed by atoms with Crippen molar-refractivity contribution in [2.24, 2.45) is 5.92 Å². The number of rotatable bonds is 12. The highest BCUT2D eigenvalue weighted by atomic mass is 16.5. The van der Waals surface area contributed by atoms with Crippen LogP contribution in [0.3, 0.4) is 0 Å². The van der Waals surface area contributed by atoms with Crippen molar-refractivity contribution in [3.63, 3.8) is 0 Å². The molecule has 2 rings (SSSR count). The molecule has 5 nitrogen and oxygen atoms in total. The van der Waals surface area contributed by atoms with Crippen LogP contribution in [-0.4, -0.2) is 49.4 Å². The summed E-state index contributed by atoms with van der Waals surface area (Å²) in [6.07, 6.45) is 4.38. The van der Waals surface area contributed by atoms with E-state index in [-0.39, 0.29) is 37.8 Å². The maximum Gasteiger partial charge on any atom is 0.119 e. The second-order valence-electron chi connectivity index (χ2n) is 7.96. The van der Waals surface area contributed by atoms with E-state index in [0.29, 0.717) is 12.4 Å². The molecule has 0 saturated heterocycles. The van der Waals surface area contributed by atoms with Crippen LogP contribution in [0.4, 0.5) is 0 Å². The first-order valence-electron chi connectivity index (χ1n) is 10.1. The number of terminal acetylenes is 1. The minimum Gasteiger partial charge on any atom is -0.493 e. The maximum absolute atomic E-state index is 9.83. The zero-order chi connectivity index (χ0) is 22.0. The fourth-order valence-electron chi connectivity index (χ4n) is 2.89. The molecule has 2 atom stereocenters. The van der Waals surface area contributed by atoms with E-state index in [1.807, 2.05) is 43.3 Å². The Balaban J connectivity index is 1.95. The molecule has 5 heteroatoms. The van der Waals surface area contributed by atoms with Gasteiger partial charge in [-0.15, -0.1) is 6.42 Å². The van der Waals surface area contributed by atoms with Gasteiger partial charge in [-0.05, 0) is 35.4 Å². The number of hydrogen-bond acceptors (Lipinski definition) is 5. The lowest BCUT2D eigenvalue weighted by molar-refractivity contribution is 0.0229. The van der Waals surface area contributed by atoms with Crippen LogP contribution in [0.5, 0.6) is 11.5 Å². The second-order valence-corrected chi connectivity index (χ2v) is 7.96. The minimum atomic E-state index is -0.726. The monoisotopic (exact) mass is 412 g/mol. The first-order valence-corrected chi connectivity index (χ1v) is 10.1. The van der Waals surface area contributed by atoms with Gasteiger partial charge in [-0.25, -0.2) is 0 Å². The molecule has 0 aliphatic rings. The number of benzene rings is 2. The summed E-state index contributed by atoms with van der Waals surface area (Å²) in [4.78, 5) is 0. The average Bonchev–Trinajstić information content (AvgIpc) is 2.76. The molecule has 0 saturated carbocycles. The van der Waals surface area contributed by atoms with Crippen LogP contribution in [0.2, 0.25) is 0 Å². The molecule has 2 aromatic rings. The van der Waals surface area contributed by atoms with Gasteiger partial charge < -0.3 is 24.4 Å². The molecule has 162 valence electrons. The third kappa shape index (κ3) is 7.07. The smallest absolute Gasteiger partial charge is 0.119 e. The SMILES string of the molecule is C#CCOCC(O)COc1ccc(C(C)(C)c2ccc(OCC(C)CO)cc2)cc1. The third-order valence-electron chi connectivity index (χ3n) is 4.94. The summed E-state index contributed by atoms with van der Waals surface area (Å²) in [6, 6.07) is 15.9. The van der Waals surface area contributed by atoms with Gasteiger partial charge in [-0.1, -0.05) is 51.0 Å². The molecular weight excluding hydrogens is 380 g/mol. The Labute approximate surface area is 179 Å². The lowest BCUT2D eigenvalue weighted by atomic mass is 9.78. The van der Waals surface area contributed by atoms with Crippen molar-refractivity contribution in [1.29, 1.82) is 0 Å². The predicted octanol–water partition coefficient (Wildman–Crippen LogP) is 3.41. The predicted molar refractivity (Wildman–Crippen MR) is 118 cm³/mol. The highest BCUT2D eigenvalue weighted by Crippen LogP contribution is 2.33. The van der Waals surface area contributed by atoms with Crippen molar-refractivity contribution < 1.29 is 24.4 Å². The van der Waals surface area contributed by atoms with Crippen molar-refractivity contribution in [2.75, 3.05) is 33.0 Å². The quantitative estimate of drug-likeness (QED) is 0.413. The highest BCUT2D eigenvalue weighted by Gasteiger charge is 2.23. The van der Waals surface area contributed by atoms with Gasteiger partial charge in [0.1, 0.15) is 30.8 Å². The molecule has 0 aromatic heterocycles. The van der Waals surface area contributed by atoms with Crippen LogP contribution < -0.4 is 9.47 Å². The van der Waals surface area contributed by atoms with E-state index >= 15 is 0 Å². The van der Waals surface area contributed by atoms with Crippen molar-refractivity contribution in [3.05, 3.63) is 59.7 Å². The van der Waals surface area contributed by atoms with E-state index in [1.165, 1.54) is 5.56 Å². The van der Waals surface area contributed by atoms with Crippen molar-refractivity contribution in [1.82, 2.24) is 0 Å². The molecule has 0 heterocycles. The molecular formula is C25H32O5. The zero-order valence-electron chi connectivity index (χ0n) is 18.0. The summed E-state index contributed by atoms with van der Waals surface area (Å²) in [5.74, 6) is 3.95. The van der Waals surface area contributed by atoms with Crippen LogP contribution in [0, 0.1) is 18.3 Å². The summed E-state index contributed by atoms with van der Waals surface area (Å²) in [5, 5.41) is 18.9. The third-order valence-corrected chi connectivity index (χ3v) is 4.94. The number of aliphatic hydroxyl groups is 2. The van der Waals surface area contributed by atoms with Crippen molar-refractivity contribution in [3.8, 4) is 23.8 Å². The standard InChI is InChI=1S/C25H32O5/c1-5-14-28-17-22(27)18-30-24-12-8-21(9-13-24)25(3,4)20-6-10-23(11-7-20)29-16-19(2)15-26/h1,6-13,19,22,26-27H,14-18H2,2-4H3. The molecule has 0 bridgehead atoms. The Morgan fingerprint density at radius 3 is 1.87 bits per heavy atom. The van der Waals surface area contributed by atoms with E-state index in [9.17, 15) is 5.11 Å². The molecule has 0 amide bonds. The van der Waals surface area contributed by atoms with E-state index in [1.54, 1.807) is 0 Å². The minimum absolute atomic E-state index is 0.110. The van der Waals surface area contributed by atoms with E-state index in [2.05, 4.69) is 31.9 Å². The molecule has 0 radical (unpaired) electrons.